The number of nitrogens with zero attached hydrogens (tertiary/aromatic N) is 5. The molecule has 194 valence electrons. The Kier molecular flexibility index (Phi) is 7.75. The van der Waals surface area contributed by atoms with Crippen LogP contribution in [0.4, 0.5) is 0 Å². The molecule has 5 rings (SSSR count). The summed E-state index contributed by atoms with van der Waals surface area (Å²) in [7, 11) is 0. The Morgan fingerprint density at radius 2 is 1.68 bits per heavy atom. The number of tetrazole rings is 1. The maximum atomic E-state index is 13.2. The zero-order chi connectivity index (χ0) is 26.5. The van der Waals surface area contributed by atoms with Gasteiger partial charge in [-0.05, 0) is 70.8 Å². The summed E-state index contributed by atoms with van der Waals surface area (Å²) in [5.74, 6) is 0.814. The molecule has 1 N–H and O–H groups in total. The summed E-state index contributed by atoms with van der Waals surface area (Å²) in [6, 6.07) is 26.8. The zero-order valence-electron chi connectivity index (χ0n) is 22.3. The molecule has 0 aliphatic rings. The topological polar surface area (TPSA) is 79.7 Å². The number of rotatable bonds is 10. The van der Waals surface area contributed by atoms with E-state index in [0.29, 0.717) is 13.1 Å². The number of nitrogens with one attached hydrogen (secondary N) is 1. The molecular formula is C31H34N6O. The fraction of sp³-hybridized carbons (Fsp3) is 0.290. The minimum atomic E-state index is -0.0506. The third-order valence-electron chi connectivity index (χ3n) is 7.33. The van der Waals surface area contributed by atoms with Crippen LogP contribution in [0.1, 0.15) is 53.0 Å². The number of pyridine rings is 1. The fourth-order valence-electron chi connectivity index (χ4n) is 5.19. The number of benzene rings is 3. The number of fused-ring (bicyclic) bond motifs is 1. The van der Waals surface area contributed by atoms with Gasteiger partial charge in [-0.1, -0.05) is 79.7 Å². The van der Waals surface area contributed by atoms with Crippen LogP contribution in [0, 0.1) is 13.8 Å². The van der Waals surface area contributed by atoms with E-state index in [-0.39, 0.29) is 11.6 Å². The number of H-pyrrole nitrogens is 1. The average molecular weight is 507 g/mol. The molecule has 0 unspecified atom stereocenters. The SMILES string of the molecule is CC[C@@H](c1nnnn1Cc1ccccc1)N(CCc1ccccc1C)Cc1cc2cccc(C)c2[nH]c1=O. The average Bonchev–Trinajstić information content (AvgIpc) is 3.37. The summed E-state index contributed by atoms with van der Waals surface area (Å²) in [4.78, 5) is 18.7. The Hall–Kier alpha value is -4.10. The normalized spacial score (nSPS) is 12.3. The Balaban J connectivity index is 1.50. The molecule has 0 fully saturated rings. The van der Waals surface area contributed by atoms with Gasteiger partial charge in [-0.15, -0.1) is 5.10 Å². The molecule has 0 saturated carbocycles. The molecule has 0 aliphatic heterocycles. The standard InChI is InChI=1S/C31H34N6O/c1-4-28(30-33-34-35-37(30)20-24-13-6-5-7-14-24)36(18-17-25-15-9-8-11-22(25)2)21-27-19-26-16-10-12-23(3)29(26)32-31(27)38/h5-16,19,28H,4,17-18,20-21H2,1-3H3,(H,32,38)/t28-/m0/s1. The Bertz CT molecular complexity index is 1570. The van der Waals surface area contributed by atoms with Crippen LogP contribution in [0.2, 0.25) is 0 Å². The van der Waals surface area contributed by atoms with Crippen molar-refractivity contribution < 1.29 is 0 Å². The van der Waals surface area contributed by atoms with E-state index >= 15 is 0 Å². The van der Waals surface area contributed by atoms with Gasteiger partial charge in [0, 0.05) is 18.7 Å². The third-order valence-corrected chi connectivity index (χ3v) is 7.33. The predicted molar refractivity (Wildman–Crippen MR) is 151 cm³/mol. The highest BCUT2D eigenvalue weighted by molar-refractivity contribution is 5.81. The molecule has 0 amide bonds. The molecule has 0 saturated heterocycles. The molecule has 3 aromatic carbocycles. The summed E-state index contributed by atoms with van der Waals surface area (Å²) in [6.45, 7) is 8.19. The highest BCUT2D eigenvalue weighted by Crippen LogP contribution is 2.26. The first-order valence-electron chi connectivity index (χ1n) is 13.2. The second kappa shape index (κ2) is 11.5. The van der Waals surface area contributed by atoms with Crippen molar-refractivity contribution in [2.24, 2.45) is 0 Å². The van der Waals surface area contributed by atoms with Gasteiger partial charge in [-0.25, -0.2) is 4.68 Å². The number of aryl methyl sites for hydroxylation is 2. The van der Waals surface area contributed by atoms with Gasteiger partial charge in [0.15, 0.2) is 5.82 Å². The van der Waals surface area contributed by atoms with E-state index in [1.54, 1.807) is 0 Å². The molecule has 2 aromatic heterocycles. The first-order chi connectivity index (χ1) is 18.5. The lowest BCUT2D eigenvalue weighted by molar-refractivity contribution is 0.172. The van der Waals surface area contributed by atoms with Crippen LogP contribution in [0.25, 0.3) is 10.9 Å². The first-order valence-corrected chi connectivity index (χ1v) is 13.2. The first kappa shape index (κ1) is 25.5. The lowest BCUT2D eigenvalue weighted by atomic mass is 10.0. The lowest BCUT2D eigenvalue weighted by Crippen LogP contribution is -2.34. The summed E-state index contributed by atoms with van der Waals surface area (Å²) >= 11 is 0. The Morgan fingerprint density at radius 3 is 2.47 bits per heavy atom. The van der Waals surface area contributed by atoms with E-state index in [1.807, 2.05) is 48.0 Å². The smallest absolute Gasteiger partial charge is 0.252 e. The second-order valence-electron chi connectivity index (χ2n) is 9.91. The van der Waals surface area contributed by atoms with Crippen molar-refractivity contribution in [2.75, 3.05) is 6.54 Å². The van der Waals surface area contributed by atoms with Gasteiger partial charge in [0.25, 0.3) is 5.56 Å². The highest BCUT2D eigenvalue weighted by Gasteiger charge is 2.26. The number of para-hydroxylation sites is 1. The second-order valence-corrected chi connectivity index (χ2v) is 9.91. The minimum absolute atomic E-state index is 0.0496. The zero-order valence-corrected chi connectivity index (χ0v) is 22.3. The largest absolute Gasteiger partial charge is 0.321 e. The van der Waals surface area contributed by atoms with Crippen LogP contribution in [0.3, 0.4) is 0 Å². The summed E-state index contributed by atoms with van der Waals surface area (Å²) < 4.78 is 1.89. The van der Waals surface area contributed by atoms with Gasteiger partial charge in [-0.2, -0.15) is 0 Å². The van der Waals surface area contributed by atoms with E-state index in [0.717, 1.165) is 52.8 Å². The number of hydrogen-bond acceptors (Lipinski definition) is 5. The van der Waals surface area contributed by atoms with Crippen LogP contribution in [0.5, 0.6) is 0 Å². The van der Waals surface area contributed by atoms with Crippen LogP contribution in [-0.4, -0.2) is 36.6 Å². The number of hydrogen-bond donors (Lipinski definition) is 1. The molecule has 38 heavy (non-hydrogen) atoms. The molecule has 0 aliphatic carbocycles. The summed E-state index contributed by atoms with van der Waals surface area (Å²) in [6.07, 6.45) is 1.68. The summed E-state index contributed by atoms with van der Waals surface area (Å²) in [5, 5.41) is 13.9. The van der Waals surface area contributed by atoms with Crippen molar-refractivity contribution in [1.29, 1.82) is 0 Å². The maximum Gasteiger partial charge on any atom is 0.252 e. The van der Waals surface area contributed by atoms with Crippen LogP contribution < -0.4 is 5.56 Å². The molecule has 1 atom stereocenters. The van der Waals surface area contributed by atoms with E-state index < -0.39 is 0 Å². The van der Waals surface area contributed by atoms with Crippen molar-refractivity contribution in [2.45, 2.75) is 52.7 Å². The van der Waals surface area contributed by atoms with Gasteiger partial charge in [0.2, 0.25) is 0 Å². The molecule has 0 radical (unpaired) electrons. The molecule has 0 spiro atoms. The monoisotopic (exact) mass is 506 g/mol. The predicted octanol–water partition coefficient (Wildman–Crippen LogP) is 5.38. The van der Waals surface area contributed by atoms with Gasteiger partial charge in [-0.3, -0.25) is 9.69 Å². The van der Waals surface area contributed by atoms with E-state index in [4.69, 9.17) is 0 Å². The Morgan fingerprint density at radius 1 is 0.921 bits per heavy atom. The van der Waals surface area contributed by atoms with Crippen LogP contribution in [-0.2, 0) is 19.5 Å². The van der Waals surface area contributed by atoms with Gasteiger partial charge >= 0.3 is 0 Å². The van der Waals surface area contributed by atoms with Gasteiger partial charge < -0.3 is 4.98 Å². The van der Waals surface area contributed by atoms with Crippen LogP contribution in [0.15, 0.2) is 83.7 Å². The quantitative estimate of drug-likeness (QED) is 0.275. The molecule has 7 nitrogen and oxygen atoms in total. The molecule has 5 aromatic rings. The maximum absolute atomic E-state index is 13.2. The van der Waals surface area contributed by atoms with Crippen molar-refractivity contribution in [1.82, 2.24) is 30.1 Å². The van der Waals surface area contributed by atoms with Crippen molar-refractivity contribution >= 4 is 10.9 Å². The number of aromatic nitrogens is 5. The summed E-state index contributed by atoms with van der Waals surface area (Å²) in [5.41, 5.74) is 6.37. The van der Waals surface area contributed by atoms with Crippen molar-refractivity contribution in [3.05, 3.63) is 123 Å². The van der Waals surface area contributed by atoms with Crippen molar-refractivity contribution in [3.8, 4) is 0 Å². The van der Waals surface area contributed by atoms with E-state index in [9.17, 15) is 4.79 Å². The fourth-order valence-corrected chi connectivity index (χ4v) is 5.19. The third kappa shape index (κ3) is 5.58. The van der Waals surface area contributed by atoms with E-state index in [2.05, 4.69) is 81.7 Å². The minimum Gasteiger partial charge on any atom is -0.321 e. The molecular weight excluding hydrogens is 472 g/mol. The molecule has 0 bridgehead atoms. The van der Waals surface area contributed by atoms with Crippen LogP contribution >= 0.6 is 0 Å². The number of aromatic amines is 1. The van der Waals surface area contributed by atoms with Crippen molar-refractivity contribution in [3.63, 3.8) is 0 Å². The van der Waals surface area contributed by atoms with E-state index in [1.165, 1.54) is 11.1 Å². The highest BCUT2D eigenvalue weighted by atomic mass is 16.1. The van der Waals surface area contributed by atoms with Gasteiger partial charge in [0.05, 0.1) is 18.1 Å². The molecule has 2 heterocycles. The molecule has 7 heteroatoms. The van der Waals surface area contributed by atoms with Gasteiger partial charge in [0.1, 0.15) is 0 Å². The Labute approximate surface area is 223 Å². The lowest BCUT2D eigenvalue weighted by Gasteiger charge is -2.30.